The first-order valence-corrected chi connectivity index (χ1v) is 5.10. The second-order valence-corrected chi connectivity index (χ2v) is 3.41. The minimum atomic E-state index is -0.364. The predicted octanol–water partition coefficient (Wildman–Crippen LogP) is 1.00. The molecule has 86 valence electrons. The van der Waals surface area contributed by atoms with E-state index >= 15 is 0 Å². The number of hydrogen-bond acceptors (Lipinski definition) is 5. The van der Waals surface area contributed by atoms with Crippen LogP contribution in [0.3, 0.4) is 0 Å². The minimum absolute atomic E-state index is 0.0655. The molecule has 1 aliphatic rings. The van der Waals surface area contributed by atoms with Crippen LogP contribution in [-0.2, 0) is 17.7 Å². The fourth-order valence-corrected chi connectivity index (χ4v) is 1.64. The maximum atomic E-state index is 11.5. The highest BCUT2D eigenvalue weighted by Gasteiger charge is 2.25. The minimum Gasteiger partial charge on any atom is -0.450 e. The van der Waals surface area contributed by atoms with Crippen molar-refractivity contribution in [3.05, 3.63) is 17.3 Å². The number of nitrogens with zero attached hydrogens (tertiary/aromatic N) is 2. The lowest BCUT2D eigenvalue weighted by atomic mass is 10.2. The molecule has 6 heteroatoms. The molecule has 1 aromatic rings. The Morgan fingerprint density at radius 1 is 1.69 bits per heavy atom. The van der Waals surface area contributed by atoms with Crippen molar-refractivity contribution in [3.8, 4) is 0 Å². The third kappa shape index (κ3) is 1.91. The zero-order valence-corrected chi connectivity index (χ0v) is 8.93. The van der Waals surface area contributed by atoms with E-state index in [1.165, 1.54) is 4.90 Å². The number of oxazole rings is 1. The number of amides is 1. The van der Waals surface area contributed by atoms with Gasteiger partial charge in [-0.2, -0.15) is 0 Å². The molecule has 0 radical (unpaired) electrons. The molecule has 16 heavy (non-hydrogen) atoms. The van der Waals surface area contributed by atoms with Gasteiger partial charge in [-0.15, -0.1) is 0 Å². The van der Waals surface area contributed by atoms with Gasteiger partial charge >= 0.3 is 6.09 Å². The molecule has 0 atom stereocenters. The lowest BCUT2D eigenvalue weighted by Gasteiger charge is -2.24. The van der Waals surface area contributed by atoms with E-state index in [9.17, 15) is 9.59 Å². The van der Waals surface area contributed by atoms with E-state index in [2.05, 4.69) is 4.98 Å². The molecule has 2 heterocycles. The van der Waals surface area contributed by atoms with Crippen molar-refractivity contribution in [3.63, 3.8) is 0 Å². The Morgan fingerprint density at radius 3 is 3.19 bits per heavy atom. The Balaban J connectivity index is 2.10. The van der Waals surface area contributed by atoms with E-state index < -0.39 is 0 Å². The maximum Gasteiger partial charge on any atom is 0.410 e. The Kier molecular flexibility index (Phi) is 2.89. The zero-order chi connectivity index (χ0) is 11.5. The lowest BCUT2D eigenvalue weighted by molar-refractivity contribution is 0.0985. The fraction of sp³-hybridized carbons (Fsp3) is 0.500. The largest absolute Gasteiger partial charge is 0.450 e. The normalized spacial score (nSPS) is 14.4. The van der Waals surface area contributed by atoms with Crippen LogP contribution in [0.1, 0.15) is 29.1 Å². The van der Waals surface area contributed by atoms with Crippen molar-refractivity contribution in [2.45, 2.75) is 19.9 Å². The molecule has 0 aromatic carbocycles. The number of fused-ring (bicyclic) bond motifs is 1. The lowest BCUT2D eigenvalue weighted by Crippen LogP contribution is -2.36. The standard InChI is InChI=1S/C10H12N2O4/c1-2-15-10(14)12-4-3-7-8(5-12)16-9(6-13)11-7/h6H,2-5H2,1H3. The van der Waals surface area contributed by atoms with E-state index in [1.807, 2.05) is 0 Å². The predicted molar refractivity (Wildman–Crippen MR) is 53.0 cm³/mol. The molecule has 0 N–H and O–H groups in total. The molecule has 0 bridgehead atoms. The highest BCUT2D eigenvalue weighted by molar-refractivity contribution is 5.69. The Bertz CT molecular complexity index is 413. The molecule has 6 nitrogen and oxygen atoms in total. The summed E-state index contributed by atoms with van der Waals surface area (Å²) in [7, 11) is 0. The number of carbonyl (C=O) groups is 2. The topological polar surface area (TPSA) is 72.6 Å². The van der Waals surface area contributed by atoms with Gasteiger partial charge in [-0.25, -0.2) is 9.78 Å². The summed E-state index contributed by atoms with van der Waals surface area (Å²) in [6, 6.07) is 0. The van der Waals surface area contributed by atoms with Crippen molar-refractivity contribution < 1.29 is 18.7 Å². The van der Waals surface area contributed by atoms with Gasteiger partial charge in [0.05, 0.1) is 18.8 Å². The number of rotatable bonds is 2. The summed E-state index contributed by atoms with van der Waals surface area (Å²) in [4.78, 5) is 27.5. The third-order valence-corrected chi connectivity index (χ3v) is 2.37. The first-order chi connectivity index (χ1) is 7.74. The molecule has 0 unspecified atom stereocenters. The Hall–Kier alpha value is -1.85. The van der Waals surface area contributed by atoms with Crippen LogP contribution in [0.15, 0.2) is 4.42 Å². The van der Waals surface area contributed by atoms with Crippen LogP contribution >= 0.6 is 0 Å². The van der Waals surface area contributed by atoms with Crippen LogP contribution in [0.4, 0.5) is 4.79 Å². The van der Waals surface area contributed by atoms with Gasteiger partial charge < -0.3 is 14.1 Å². The molecular formula is C10H12N2O4. The van der Waals surface area contributed by atoms with E-state index in [-0.39, 0.29) is 12.0 Å². The van der Waals surface area contributed by atoms with Gasteiger partial charge in [0, 0.05) is 13.0 Å². The fourth-order valence-electron chi connectivity index (χ4n) is 1.64. The highest BCUT2D eigenvalue weighted by Crippen LogP contribution is 2.19. The van der Waals surface area contributed by atoms with Gasteiger partial charge in [0.2, 0.25) is 6.29 Å². The molecule has 1 aromatic heterocycles. The van der Waals surface area contributed by atoms with Crippen molar-refractivity contribution >= 4 is 12.4 Å². The quantitative estimate of drug-likeness (QED) is 0.701. The molecular weight excluding hydrogens is 212 g/mol. The van der Waals surface area contributed by atoms with Gasteiger partial charge in [0.1, 0.15) is 5.76 Å². The second-order valence-electron chi connectivity index (χ2n) is 3.41. The molecule has 0 saturated carbocycles. The third-order valence-electron chi connectivity index (χ3n) is 2.37. The average molecular weight is 224 g/mol. The smallest absolute Gasteiger partial charge is 0.410 e. The SMILES string of the molecule is CCOC(=O)N1CCc2nc(C=O)oc2C1. The molecule has 0 fully saturated rings. The van der Waals surface area contributed by atoms with E-state index in [0.29, 0.717) is 38.2 Å². The molecule has 2 rings (SSSR count). The first kappa shape index (κ1) is 10.7. The summed E-state index contributed by atoms with van der Waals surface area (Å²) in [6.07, 6.45) is 0.788. The number of hydrogen-bond donors (Lipinski definition) is 0. The molecule has 0 aliphatic carbocycles. The van der Waals surface area contributed by atoms with E-state index in [4.69, 9.17) is 9.15 Å². The first-order valence-electron chi connectivity index (χ1n) is 5.10. The van der Waals surface area contributed by atoms with Crippen LogP contribution in [0, 0.1) is 0 Å². The zero-order valence-electron chi connectivity index (χ0n) is 8.93. The second kappa shape index (κ2) is 4.34. The number of ether oxygens (including phenoxy) is 1. The summed E-state index contributed by atoms with van der Waals surface area (Å²) in [5.41, 5.74) is 0.752. The van der Waals surface area contributed by atoms with Gasteiger partial charge in [-0.3, -0.25) is 4.79 Å². The van der Waals surface area contributed by atoms with E-state index in [1.54, 1.807) is 6.92 Å². The monoisotopic (exact) mass is 224 g/mol. The Labute approximate surface area is 92.2 Å². The summed E-state index contributed by atoms with van der Waals surface area (Å²) in [6.45, 7) is 2.95. The summed E-state index contributed by atoms with van der Waals surface area (Å²) in [5.74, 6) is 0.636. The van der Waals surface area contributed by atoms with Gasteiger partial charge in [0.15, 0.2) is 0 Å². The van der Waals surface area contributed by atoms with Crippen molar-refractivity contribution in [1.29, 1.82) is 0 Å². The van der Waals surface area contributed by atoms with Gasteiger partial charge in [-0.05, 0) is 6.92 Å². The highest BCUT2D eigenvalue weighted by atomic mass is 16.6. The van der Waals surface area contributed by atoms with E-state index in [0.717, 1.165) is 5.69 Å². The van der Waals surface area contributed by atoms with Crippen molar-refractivity contribution in [1.82, 2.24) is 9.88 Å². The molecule has 1 amide bonds. The van der Waals surface area contributed by atoms with Crippen molar-refractivity contribution in [2.24, 2.45) is 0 Å². The van der Waals surface area contributed by atoms with Gasteiger partial charge in [-0.1, -0.05) is 0 Å². The van der Waals surface area contributed by atoms with Crippen LogP contribution in [-0.4, -0.2) is 35.4 Å². The summed E-state index contributed by atoms with van der Waals surface area (Å²) in [5, 5.41) is 0. The van der Waals surface area contributed by atoms with Crippen molar-refractivity contribution in [2.75, 3.05) is 13.2 Å². The maximum absolute atomic E-state index is 11.5. The Morgan fingerprint density at radius 2 is 2.50 bits per heavy atom. The van der Waals surface area contributed by atoms with Crippen LogP contribution < -0.4 is 0 Å². The summed E-state index contributed by atoms with van der Waals surface area (Å²) < 4.78 is 10.1. The molecule has 0 saturated heterocycles. The van der Waals surface area contributed by atoms with Crippen LogP contribution in [0.2, 0.25) is 0 Å². The van der Waals surface area contributed by atoms with Crippen LogP contribution in [0.25, 0.3) is 0 Å². The number of aldehydes is 1. The van der Waals surface area contributed by atoms with Crippen LogP contribution in [0.5, 0.6) is 0 Å². The summed E-state index contributed by atoms with van der Waals surface area (Å²) >= 11 is 0. The van der Waals surface area contributed by atoms with Gasteiger partial charge in [0.25, 0.3) is 5.89 Å². The number of carbonyl (C=O) groups excluding carboxylic acids is 2. The molecule has 0 spiro atoms. The average Bonchev–Trinajstić information content (AvgIpc) is 2.70. The molecule has 1 aliphatic heterocycles. The number of aromatic nitrogens is 1.